The summed E-state index contributed by atoms with van der Waals surface area (Å²) in [4.78, 5) is 30.5. The Morgan fingerprint density at radius 2 is 2.06 bits per heavy atom. The Bertz CT molecular complexity index is 496. The van der Waals surface area contributed by atoms with Crippen molar-refractivity contribution in [1.29, 1.82) is 0 Å². The maximum absolute atomic E-state index is 10.5. The van der Waals surface area contributed by atoms with E-state index in [1.54, 1.807) is 0 Å². The lowest BCUT2D eigenvalue weighted by Gasteiger charge is -1.95. The summed E-state index contributed by atoms with van der Waals surface area (Å²) < 4.78 is 0. The molecule has 5 heteroatoms. The van der Waals surface area contributed by atoms with Crippen molar-refractivity contribution >= 4 is 18.3 Å². The minimum absolute atomic E-state index is 0.0547. The SMILES string of the molecule is O=CCC#Cc1cc(C=O)cc([N+](=O)[O-])c1. The molecule has 0 fully saturated rings. The van der Waals surface area contributed by atoms with Gasteiger partial charge in [-0.1, -0.05) is 11.8 Å². The molecule has 0 aliphatic rings. The van der Waals surface area contributed by atoms with E-state index in [2.05, 4.69) is 11.8 Å². The van der Waals surface area contributed by atoms with Crippen LogP contribution in [0.15, 0.2) is 18.2 Å². The lowest BCUT2D eigenvalue weighted by Crippen LogP contribution is -1.91. The number of carbonyl (C=O) groups is 2. The molecule has 0 atom stereocenters. The number of aldehydes is 2. The number of non-ortho nitro benzene ring substituents is 1. The predicted octanol–water partition coefficient (Wildman–Crippen LogP) is 1.35. The number of benzene rings is 1. The lowest BCUT2D eigenvalue weighted by atomic mass is 10.1. The quantitative estimate of drug-likeness (QED) is 0.331. The van der Waals surface area contributed by atoms with Crippen LogP contribution < -0.4 is 0 Å². The van der Waals surface area contributed by atoms with Crippen LogP contribution in [0.1, 0.15) is 22.3 Å². The van der Waals surface area contributed by atoms with E-state index in [1.165, 1.54) is 12.1 Å². The topological polar surface area (TPSA) is 77.3 Å². The Labute approximate surface area is 91.2 Å². The van der Waals surface area contributed by atoms with E-state index in [0.717, 1.165) is 6.07 Å². The van der Waals surface area contributed by atoms with Crippen molar-refractivity contribution in [2.24, 2.45) is 0 Å². The maximum atomic E-state index is 10.5. The minimum atomic E-state index is -0.599. The molecule has 0 amide bonds. The summed E-state index contributed by atoms with van der Waals surface area (Å²) in [7, 11) is 0. The Kier molecular flexibility index (Phi) is 3.92. The van der Waals surface area contributed by atoms with Crippen molar-refractivity contribution in [3.8, 4) is 11.8 Å². The molecule has 0 aliphatic carbocycles. The van der Waals surface area contributed by atoms with E-state index < -0.39 is 4.92 Å². The van der Waals surface area contributed by atoms with Crippen LogP contribution in [0.4, 0.5) is 5.69 Å². The summed E-state index contributed by atoms with van der Waals surface area (Å²) in [6.07, 6.45) is 1.20. The van der Waals surface area contributed by atoms with Crippen LogP contribution >= 0.6 is 0 Å². The molecular formula is C11H7NO4. The molecule has 16 heavy (non-hydrogen) atoms. The van der Waals surface area contributed by atoms with Crippen LogP contribution in [0.25, 0.3) is 0 Å². The van der Waals surface area contributed by atoms with Crippen LogP contribution in [0, 0.1) is 22.0 Å². The second-order valence-corrected chi connectivity index (χ2v) is 2.86. The zero-order valence-electron chi connectivity index (χ0n) is 8.17. The van der Waals surface area contributed by atoms with Gasteiger partial charge in [0.2, 0.25) is 0 Å². The average molecular weight is 217 g/mol. The van der Waals surface area contributed by atoms with E-state index in [0.29, 0.717) is 18.1 Å². The number of hydrogen-bond acceptors (Lipinski definition) is 4. The standard InChI is InChI=1S/C11H7NO4/c13-4-2-1-3-9-5-10(8-14)7-11(6-9)12(15)16/h4-8H,2H2. The first kappa shape index (κ1) is 11.6. The fourth-order valence-electron chi connectivity index (χ4n) is 1.08. The summed E-state index contributed by atoms with van der Waals surface area (Å²) in [6, 6.07) is 3.85. The number of hydrogen-bond donors (Lipinski definition) is 0. The average Bonchev–Trinajstić information content (AvgIpc) is 2.29. The highest BCUT2D eigenvalue weighted by atomic mass is 16.6. The largest absolute Gasteiger partial charge is 0.302 e. The third-order valence-electron chi connectivity index (χ3n) is 1.71. The molecule has 1 aromatic carbocycles. The van der Waals surface area contributed by atoms with E-state index in [-0.39, 0.29) is 17.7 Å². The van der Waals surface area contributed by atoms with Gasteiger partial charge in [-0.15, -0.1) is 0 Å². The van der Waals surface area contributed by atoms with E-state index in [4.69, 9.17) is 0 Å². The number of nitrogens with zero attached hydrogens (tertiary/aromatic N) is 1. The van der Waals surface area contributed by atoms with Crippen LogP contribution in [0.3, 0.4) is 0 Å². The fourth-order valence-corrected chi connectivity index (χ4v) is 1.08. The van der Waals surface area contributed by atoms with Crippen molar-refractivity contribution < 1.29 is 14.5 Å². The van der Waals surface area contributed by atoms with Gasteiger partial charge in [0.1, 0.15) is 12.6 Å². The third kappa shape index (κ3) is 3.03. The predicted molar refractivity (Wildman–Crippen MR) is 56.0 cm³/mol. The van der Waals surface area contributed by atoms with E-state index >= 15 is 0 Å². The molecule has 0 unspecified atom stereocenters. The summed E-state index contributed by atoms with van der Waals surface area (Å²) in [5, 5.41) is 10.5. The molecule has 0 saturated carbocycles. The second kappa shape index (κ2) is 5.41. The van der Waals surface area contributed by atoms with Gasteiger partial charge in [0.25, 0.3) is 5.69 Å². The van der Waals surface area contributed by atoms with Crippen molar-refractivity contribution in [2.45, 2.75) is 6.42 Å². The third-order valence-corrected chi connectivity index (χ3v) is 1.71. The summed E-state index contributed by atoms with van der Waals surface area (Å²) in [6.45, 7) is 0. The summed E-state index contributed by atoms with van der Waals surface area (Å²) >= 11 is 0. The van der Waals surface area contributed by atoms with Gasteiger partial charge in [-0.3, -0.25) is 14.9 Å². The molecule has 0 N–H and O–H groups in total. The molecule has 5 nitrogen and oxygen atoms in total. The van der Waals surface area contributed by atoms with Gasteiger partial charge in [-0.05, 0) is 6.07 Å². The molecule has 1 aromatic rings. The molecule has 0 bridgehead atoms. The summed E-state index contributed by atoms with van der Waals surface area (Å²) in [5.74, 6) is 5.08. The van der Waals surface area contributed by atoms with E-state index in [9.17, 15) is 19.7 Å². The van der Waals surface area contributed by atoms with Crippen LogP contribution in [-0.2, 0) is 4.79 Å². The normalized spacial score (nSPS) is 8.75. The van der Waals surface area contributed by atoms with Crippen LogP contribution in [0.5, 0.6) is 0 Å². The first-order chi connectivity index (χ1) is 7.67. The monoisotopic (exact) mass is 217 g/mol. The highest BCUT2D eigenvalue weighted by Gasteiger charge is 2.08. The molecule has 0 aromatic heterocycles. The smallest absolute Gasteiger partial charge is 0.271 e. The fraction of sp³-hybridized carbons (Fsp3) is 0.0909. The number of carbonyl (C=O) groups excluding carboxylic acids is 2. The number of nitro groups is 1. The van der Waals surface area contributed by atoms with Gasteiger partial charge in [0.15, 0.2) is 0 Å². The Morgan fingerprint density at radius 1 is 1.31 bits per heavy atom. The van der Waals surface area contributed by atoms with Crippen molar-refractivity contribution in [3.63, 3.8) is 0 Å². The zero-order chi connectivity index (χ0) is 12.0. The molecular weight excluding hydrogens is 210 g/mol. The molecule has 80 valence electrons. The Balaban J connectivity index is 3.15. The highest BCUT2D eigenvalue weighted by Crippen LogP contribution is 2.15. The van der Waals surface area contributed by atoms with Crippen LogP contribution in [0.2, 0.25) is 0 Å². The van der Waals surface area contributed by atoms with Gasteiger partial charge in [0.05, 0.1) is 11.3 Å². The molecule has 1 rings (SSSR count). The van der Waals surface area contributed by atoms with Crippen LogP contribution in [-0.4, -0.2) is 17.5 Å². The molecule has 0 heterocycles. The lowest BCUT2D eigenvalue weighted by molar-refractivity contribution is -0.384. The second-order valence-electron chi connectivity index (χ2n) is 2.86. The van der Waals surface area contributed by atoms with Gasteiger partial charge < -0.3 is 4.79 Å². The van der Waals surface area contributed by atoms with Gasteiger partial charge in [0, 0.05) is 23.3 Å². The highest BCUT2D eigenvalue weighted by molar-refractivity contribution is 5.77. The first-order valence-electron chi connectivity index (χ1n) is 4.34. The molecule has 0 spiro atoms. The van der Waals surface area contributed by atoms with Gasteiger partial charge in [-0.25, -0.2) is 0 Å². The molecule has 0 aliphatic heterocycles. The molecule has 0 radical (unpaired) electrons. The van der Waals surface area contributed by atoms with Crippen molar-refractivity contribution in [2.75, 3.05) is 0 Å². The first-order valence-corrected chi connectivity index (χ1v) is 4.34. The van der Waals surface area contributed by atoms with Crippen molar-refractivity contribution in [1.82, 2.24) is 0 Å². The van der Waals surface area contributed by atoms with Gasteiger partial charge in [-0.2, -0.15) is 0 Å². The van der Waals surface area contributed by atoms with E-state index in [1.807, 2.05) is 0 Å². The molecule has 0 saturated heterocycles. The maximum Gasteiger partial charge on any atom is 0.271 e. The van der Waals surface area contributed by atoms with Gasteiger partial charge >= 0.3 is 0 Å². The Morgan fingerprint density at radius 3 is 2.62 bits per heavy atom. The Hall–Kier alpha value is -2.48. The zero-order valence-corrected chi connectivity index (χ0v) is 8.17. The summed E-state index contributed by atoms with van der Waals surface area (Å²) in [5.41, 5.74) is 0.336. The number of rotatable bonds is 3. The van der Waals surface area contributed by atoms with Crippen molar-refractivity contribution in [3.05, 3.63) is 39.4 Å². The minimum Gasteiger partial charge on any atom is -0.302 e. The number of nitro benzene ring substituents is 1.